The topological polar surface area (TPSA) is 24.5 Å². The zero-order valence-electron chi connectivity index (χ0n) is 12.6. The Morgan fingerprint density at radius 1 is 1.22 bits per heavy atom. The highest BCUT2D eigenvalue weighted by molar-refractivity contribution is 4.79. The van der Waals surface area contributed by atoms with Crippen LogP contribution in [0.4, 0.5) is 0 Å². The Labute approximate surface area is 113 Å². The van der Waals surface area contributed by atoms with E-state index in [-0.39, 0.29) is 0 Å². The third-order valence-electron chi connectivity index (χ3n) is 3.65. The van der Waals surface area contributed by atoms with Gasteiger partial charge >= 0.3 is 0 Å². The van der Waals surface area contributed by atoms with Crippen LogP contribution in [-0.2, 0) is 4.74 Å². The molecule has 0 bridgehead atoms. The van der Waals surface area contributed by atoms with Crippen LogP contribution in [-0.4, -0.2) is 50.8 Å². The minimum Gasteiger partial charge on any atom is -0.380 e. The van der Waals surface area contributed by atoms with E-state index in [1.165, 1.54) is 45.3 Å². The zero-order valence-corrected chi connectivity index (χ0v) is 12.6. The maximum Gasteiger partial charge on any atom is 0.0590 e. The van der Waals surface area contributed by atoms with Crippen molar-refractivity contribution >= 4 is 0 Å². The van der Waals surface area contributed by atoms with E-state index in [1.807, 2.05) is 0 Å². The van der Waals surface area contributed by atoms with Crippen molar-refractivity contribution in [3.63, 3.8) is 0 Å². The molecule has 1 N–H and O–H groups in total. The largest absolute Gasteiger partial charge is 0.380 e. The van der Waals surface area contributed by atoms with Crippen LogP contribution in [0.5, 0.6) is 0 Å². The summed E-state index contributed by atoms with van der Waals surface area (Å²) in [4.78, 5) is 2.59. The van der Waals surface area contributed by atoms with Gasteiger partial charge in [-0.2, -0.15) is 0 Å². The van der Waals surface area contributed by atoms with E-state index in [0.29, 0.717) is 5.41 Å². The molecule has 0 saturated carbocycles. The molecule has 0 aliphatic carbocycles. The molecule has 0 aromatic rings. The highest BCUT2D eigenvalue weighted by Crippen LogP contribution is 2.27. The van der Waals surface area contributed by atoms with Crippen molar-refractivity contribution in [1.82, 2.24) is 10.2 Å². The van der Waals surface area contributed by atoms with Gasteiger partial charge in [-0.3, -0.25) is 0 Å². The molecule has 0 spiro atoms. The van der Waals surface area contributed by atoms with Crippen LogP contribution in [0.3, 0.4) is 0 Å². The van der Waals surface area contributed by atoms with Gasteiger partial charge in [0.05, 0.1) is 6.61 Å². The minimum atomic E-state index is 0.515. The molecule has 1 aliphatic heterocycles. The van der Waals surface area contributed by atoms with Crippen molar-refractivity contribution in [3.8, 4) is 0 Å². The standard InChI is InChI=1S/C15H32N2O/c1-4-5-12-18-13-9-16-8-11-17-10-6-7-15(2,3)14-17/h16H,4-14H2,1-3H3. The molecule has 1 heterocycles. The summed E-state index contributed by atoms with van der Waals surface area (Å²) in [5, 5.41) is 3.47. The zero-order chi connectivity index (χ0) is 13.3. The number of hydrogen-bond acceptors (Lipinski definition) is 3. The summed E-state index contributed by atoms with van der Waals surface area (Å²) in [5.74, 6) is 0. The van der Waals surface area contributed by atoms with Gasteiger partial charge in [0.2, 0.25) is 0 Å². The average molecular weight is 256 g/mol. The number of nitrogens with one attached hydrogen (secondary N) is 1. The third kappa shape index (κ3) is 7.34. The van der Waals surface area contributed by atoms with E-state index in [4.69, 9.17) is 4.74 Å². The summed E-state index contributed by atoms with van der Waals surface area (Å²) in [6.45, 7) is 14.5. The maximum atomic E-state index is 5.52. The molecule has 0 amide bonds. The second kappa shape index (κ2) is 8.89. The van der Waals surface area contributed by atoms with E-state index in [9.17, 15) is 0 Å². The van der Waals surface area contributed by atoms with Crippen molar-refractivity contribution in [2.24, 2.45) is 5.41 Å². The molecule has 0 atom stereocenters. The molecule has 1 aliphatic rings. The molecule has 1 saturated heterocycles. The first kappa shape index (κ1) is 15.9. The predicted octanol–water partition coefficient (Wildman–Crippen LogP) is 2.51. The first-order valence-corrected chi connectivity index (χ1v) is 7.65. The number of rotatable bonds is 9. The van der Waals surface area contributed by atoms with Crippen LogP contribution < -0.4 is 5.32 Å². The van der Waals surface area contributed by atoms with Gasteiger partial charge in [0, 0.05) is 32.8 Å². The monoisotopic (exact) mass is 256 g/mol. The van der Waals surface area contributed by atoms with E-state index >= 15 is 0 Å². The van der Waals surface area contributed by atoms with Gasteiger partial charge in [-0.25, -0.2) is 0 Å². The maximum absolute atomic E-state index is 5.52. The Hall–Kier alpha value is -0.120. The number of nitrogens with zero attached hydrogens (tertiary/aromatic N) is 1. The summed E-state index contributed by atoms with van der Waals surface area (Å²) in [5.41, 5.74) is 0.515. The number of ether oxygens (including phenoxy) is 1. The van der Waals surface area contributed by atoms with Crippen molar-refractivity contribution in [2.75, 3.05) is 45.9 Å². The lowest BCUT2D eigenvalue weighted by Gasteiger charge is -2.38. The molecular weight excluding hydrogens is 224 g/mol. The second-order valence-corrected chi connectivity index (χ2v) is 6.26. The fourth-order valence-electron chi connectivity index (χ4n) is 2.59. The van der Waals surface area contributed by atoms with Gasteiger partial charge in [-0.05, 0) is 31.2 Å². The average Bonchev–Trinajstić information content (AvgIpc) is 2.31. The number of unbranched alkanes of at least 4 members (excludes halogenated alkanes) is 1. The molecule has 3 heteroatoms. The second-order valence-electron chi connectivity index (χ2n) is 6.26. The fourth-order valence-corrected chi connectivity index (χ4v) is 2.59. The Morgan fingerprint density at radius 2 is 2.06 bits per heavy atom. The molecule has 18 heavy (non-hydrogen) atoms. The van der Waals surface area contributed by atoms with Crippen LogP contribution in [0.15, 0.2) is 0 Å². The first-order valence-electron chi connectivity index (χ1n) is 7.65. The molecule has 0 aromatic carbocycles. The molecule has 1 rings (SSSR count). The normalized spacial score (nSPS) is 20.2. The summed E-state index contributed by atoms with van der Waals surface area (Å²) in [6.07, 6.45) is 5.14. The molecule has 0 unspecified atom stereocenters. The number of likely N-dealkylation sites (tertiary alicyclic amines) is 1. The third-order valence-corrected chi connectivity index (χ3v) is 3.65. The lowest BCUT2D eigenvalue weighted by Crippen LogP contribution is -2.43. The van der Waals surface area contributed by atoms with Crippen molar-refractivity contribution < 1.29 is 4.74 Å². The predicted molar refractivity (Wildman–Crippen MR) is 78.1 cm³/mol. The van der Waals surface area contributed by atoms with Crippen LogP contribution in [0.2, 0.25) is 0 Å². The molecule has 108 valence electrons. The van der Waals surface area contributed by atoms with Gasteiger partial charge in [0.25, 0.3) is 0 Å². The molecule has 0 radical (unpaired) electrons. The Morgan fingerprint density at radius 3 is 2.78 bits per heavy atom. The smallest absolute Gasteiger partial charge is 0.0590 e. The van der Waals surface area contributed by atoms with E-state index in [0.717, 1.165) is 26.3 Å². The Kier molecular flexibility index (Phi) is 7.87. The quantitative estimate of drug-likeness (QED) is 0.642. The van der Waals surface area contributed by atoms with Gasteiger partial charge < -0.3 is 15.0 Å². The van der Waals surface area contributed by atoms with Crippen LogP contribution in [0.25, 0.3) is 0 Å². The first-order chi connectivity index (χ1) is 8.64. The summed E-state index contributed by atoms with van der Waals surface area (Å²) >= 11 is 0. The summed E-state index contributed by atoms with van der Waals surface area (Å²) in [7, 11) is 0. The fraction of sp³-hybridized carbons (Fsp3) is 1.00. The van der Waals surface area contributed by atoms with Crippen LogP contribution >= 0.6 is 0 Å². The Balaban J connectivity index is 1.91. The summed E-state index contributed by atoms with van der Waals surface area (Å²) < 4.78 is 5.52. The number of hydrogen-bond donors (Lipinski definition) is 1. The lowest BCUT2D eigenvalue weighted by atomic mass is 9.84. The molecular formula is C15H32N2O. The van der Waals surface area contributed by atoms with Gasteiger partial charge in [0.15, 0.2) is 0 Å². The van der Waals surface area contributed by atoms with Gasteiger partial charge in [0.1, 0.15) is 0 Å². The van der Waals surface area contributed by atoms with Crippen LogP contribution in [0, 0.1) is 5.41 Å². The van der Waals surface area contributed by atoms with E-state index in [1.54, 1.807) is 0 Å². The lowest BCUT2D eigenvalue weighted by molar-refractivity contribution is 0.114. The van der Waals surface area contributed by atoms with E-state index < -0.39 is 0 Å². The van der Waals surface area contributed by atoms with Gasteiger partial charge in [-0.1, -0.05) is 27.2 Å². The highest BCUT2D eigenvalue weighted by Gasteiger charge is 2.25. The SMILES string of the molecule is CCCCOCCNCCN1CCCC(C)(C)C1. The summed E-state index contributed by atoms with van der Waals surface area (Å²) in [6, 6.07) is 0. The minimum absolute atomic E-state index is 0.515. The van der Waals surface area contributed by atoms with Crippen molar-refractivity contribution in [2.45, 2.75) is 46.5 Å². The van der Waals surface area contributed by atoms with Crippen molar-refractivity contribution in [3.05, 3.63) is 0 Å². The Bertz CT molecular complexity index is 207. The highest BCUT2D eigenvalue weighted by atomic mass is 16.5. The van der Waals surface area contributed by atoms with E-state index in [2.05, 4.69) is 31.0 Å². The van der Waals surface area contributed by atoms with Gasteiger partial charge in [-0.15, -0.1) is 0 Å². The molecule has 3 nitrogen and oxygen atoms in total. The molecule has 1 fully saturated rings. The van der Waals surface area contributed by atoms with Crippen LogP contribution in [0.1, 0.15) is 46.5 Å². The van der Waals surface area contributed by atoms with Crippen molar-refractivity contribution in [1.29, 1.82) is 0 Å². The molecule has 0 aromatic heterocycles. The number of piperidine rings is 1.